The van der Waals surface area contributed by atoms with Crippen molar-refractivity contribution in [2.24, 2.45) is 0 Å². The summed E-state index contributed by atoms with van der Waals surface area (Å²) in [6.07, 6.45) is 1.38. The smallest absolute Gasteiger partial charge is 0.325 e. The molecule has 0 saturated carbocycles. The van der Waals surface area contributed by atoms with Crippen molar-refractivity contribution >= 4 is 27.5 Å². The minimum absolute atomic E-state index is 0.156. The number of benzene rings is 1. The number of ether oxygens (including phenoxy) is 2. The van der Waals surface area contributed by atoms with E-state index in [-0.39, 0.29) is 12.1 Å². The number of hydrogen-bond acceptors (Lipinski definition) is 6. The Morgan fingerprint density at radius 1 is 1.29 bits per heavy atom. The van der Waals surface area contributed by atoms with Gasteiger partial charge in [0, 0.05) is 10.9 Å². The van der Waals surface area contributed by atoms with E-state index in [4.69, 9.17) is 4.74 Å². The standard InChI is InChI=1S/C17H16N2O4S/c1-3-23-12-6-4-11(5-7-12)13-9-24-16-15(13)17(21)19(10-18-16)8-14(20)22-2/h4-7,9-10H,3,8H2,1-2H3. The highest BCUT2D eigenvalue weighted by atomic mass is 32.1. The van der Waals surface area contributed by atoms with Crippen molar-refractivity contribution in [3.8, 4) is 16.9 Å². The predicted molar refractivity (Wildman–Crippen MR) is 92.5 cm³/mol. The summed E-state index contributed by atoms with van der Waals surface area (Å²) in [6, 6.07) is 7.55. The first-order valence-corrected chi connectivity index (χ1v) is 8.28. The molecule has 0 aliphatic rings. The number of carbonyl (C=O) groups is 1. The highest BCUT2D eigenvalue weighted by Gasteiger charge is 2.14. The number of methoxy groups -OCH3 is 1. The Hall–Kier alpha value is -2.67. The van der Waals surface area contributed by atoms with Gasteiger partial charge in [-0.15, -0.1) is 11.3 Å². The average molecular weight is 344 g/mol. The zero-order valence-electron chi connectivity index (χ0n) is 13.3. The molecule has 0 aliphatic carbocycles. The Labute approximate surface area is 142 Å². The molecule has 0 unspecified atom stereocenters. The molecule has 0 radical (unpaired) electrons. The summed E-state index contributed by atoms with van der Waals surface area (Å²) in [5.41, 5.74) is 1.45. The van der Waals surface area contributed by atoms with Gasteiger partial charge in [-0.05, 0) is 24.6 Å². The fraction of sp³-hybridized carbons (Fsp3) is 0.235. The molecule has 0 saturated heterocycles. The third kappa shape index (κ3) is 3.03. The van der Waals surface area contributed by atoms with Crippen molar-refractivity contribution in [2.45, 2.75) is 13.5 Å². The molecular formula is C17H16N2O4S. The van der Waals surface area contributed by atoms with Crippen LogP contribution in [0.5, 0.6) is 5.75 Å². The molecule has 0 aliphatic heterocycles. The monoisotopic (exact) mass is 344 g/mol. The number of hydrogen-bond donors (Lipinski definition) is 0. The third-order valence-corrected chi connectivity index (χ3v) is 4.45. The number of esters is 1. The van der Waals surface area contributed by atoms with E-state index >= 15 is 0 Å². The van der Waals surface area contributed by atoms with Gasteiger partial charge in [-0.1, -0.05) is 12.1 Å². The van der Waals surface area contributed by atoms with Crippen LogP contribution in [0, 0.1) is 0 Å². The van der Waals surface area contributed by atoms with Gasteiger partial charge in [0.2, 0.25) is 0 Å². The molecule has 0 amide bonds. The van der Waals surface area contributed by atoms with Crippen molar-refractivity contribution in [1.29, 1.82) is 0 Å². The van der Waals surface area contributed by atoms with Gasteiger partial charge in [-0.3, -0.25) is 14.2 Å². The van der Waals surface area contributed by atoms with Crippen LogP contribution in [0.25, 0.3) is 21.3 Å². The van der Waals surface area contributed by atoms with Crippen LogP contribution in [0.4, 0.5) is 0 Å². The summed E-state index contributed by atoms with van der Waals surface area (Å²) >= 11 is 1.40. The largest absolute Gasteiger partial charge is 0.494 e. The molecule has 0 N–H and O–H groups in total. The Balaban J connectivity index is 2.07. The van der Waals surface area contributed by atoms with Gasteiger partial charge in [0.1, 0.15) is 17.1 Å². The van der Waals surface area contributed by atoms with Crippen LogP contribution in [-0.2, 0) is 16.1 Å². The van der Waals surface area contributed by atoms with Gasteiger partial charge in [0.15, 0.2) is 0 Å². The van der Waals surface area contributed by atoms with E-state index in [1.807, 2.05) is 36.6 Å². The van der Waals surface area contributed by atoms with E-state index in [1.165, 1.54) is 29.3 Å². The molecular weight excluding hydrogens is 328 g/mol. The zero-order valence-corrected chi connectivity index (χ0v) is 14.1. The molecule has 3 rings (SSSR count). The van der Waals surface area contributed by atoms with Crippen molar-refractivity contribution in [1.82, 2.24) is 9.55 Å². The molecule has 3 aromatic rings. The van der Waals surface area contributed by atoms with Crippen LogP contribution >= 0.6 is 11.3 Å². The first-order chi connectivity index (χ1) is 11.6. The molecule has 124 valence electrons. The predicted octanol–water partition coefficient (Wildman–Crippen LogP) is 2.70. The van der Waals surface area contributed by atoms with Crippen LogP contribution in [0.3, 0.4) is 0 Å². The lowest BCUT2D eigenvalue weighted by molar-refractivity contribution is -0.141. The zero-order chi connectivity index (χ0) is 17.1. The second-order valence-corrected chi connectivity index (χ2v) is 5.90. The molecule has 0 atom stereocenters. The highest BCUT2D eigenvalue weighted by molar-refractivity contribution is 7.17. The average Bonchev–Trinajstić information content (AvgIpc) is 3.03. The van der Waals surface area contributed by atoms with Crippen LogP contribution in [0.15, 0.2) is 40.8 Å². The first kappa shape index (κ1) is 16.2. The van der Waals surface area contributed by atoms with E-state index in [2.05, 4.69) is 9.72 Å². The van der Waals surface area contributed by atoms with E-state index in [1.54, 1.807) is 0 Å². The van der Waals surface area contributed by atoms with E-state index in [9.17, 15) is 9.59 Å². The summed E-state index contributed by atoms with van der Waals surface area (Å²) in [5.74, 6) is 0.290. The minimum atomic E-state index is -0.490. The van der Waals surface area contributed by atoms with Gasteiger partial charge in [0.25, 0.3) is 5.56 Å². The van der Waals surface area contributed by atoms with Crippen LogP contribution in [-0.4, -0.2) is 29.2 Å². The first-order valence-electron chi connectivity index (χ1n) is 7.40. The van der Waals surface area contributed by atoms with Gasteiger partial charge in [-0.2, -0.15) is 0 Å². The van der Waals surface area contributed by atoms with Crippen LogP contribution < -0.4 is 10.3 Å². The van der Waals surface area contributed by atoms with E-state index < -0.39 is 5.97 Å². The van der Waals surface area contributed by atoms with Crippen LogP contribution in [0.1, 0.15) is 6.92 Å². The number of carbonyl (C=O) groups excluding carboxylic acids is 1. The van der Waals surface area contributed by atoms with Crippen LogP contribution in [0.2, 0.25) is 0 Å². The Kier molecular flexibility index (Phi) is 4.61. The fourth-order valence-electron chi connectivity index (χ4n) is 2.39. The van der Waals surface area contributed by atoms with E-state index in [0.717, 1.165) is 16.9 Å². The molecule has 6 nitrogen and oxygen atoms in total. The lowest BCUT2D eigenvalue weighted by atomic mass is 10.1. The molecule has 0 fully saturated rings. The molecule has 0 bridgehead atoms. The topological polar surface area (TPSA) is 70.4 Å². The summed E-state index contributed by atoms with van der Waals surface area (Å²) < 4.78 is 11.3. The maximum atomic E-state index is 12.7. The molecule has 24 heavy (non-hydrogen) atoms. The summed E-state index contributed by atoms with van der Waals surface area (Å²) in [4.78, 5) is 29.1. The van der Waals surface area contributed by atoms with Crippen molar-refractivity contribution in [3.05, 3.63) is 46.3 Å². The maximum absolute atomic E-state index is 12.7. The number of fused-ring (bicyclic) bond motifs is 1. The molecule has 7 heteroatoms. The lowest BCUT2D eigenvalue weighted by Crippen LogP contribution is -2.25. The second-order valence-electron chi connectivity index (χ2n) is 5.04. The van der Waals surface area contributed by atoms with Gasteiger partial charge >= 0.3 is 5.97 Å². The van der Waals surface area contributed by atoms with E-state index in [0.29, 0.717) is 16.8 Å². The van der Waals surface area contributed by atoms with Gasteiger partial charge in [0.05, 0.1) is 25.4 Å². The lowest BCUT2D eigenvalue weighted by Gasteiger charge is -2.06. The van der Waals surface area contributed by atoms with Crippen molar-refractivity contribution in [2.75, 3.05) is 13.7 Å². The summed E-state index contributed by atoms with van der Waals surface area (Å²) in [5, 5.41) is 2.41. The number of thiophene rings is 1. The Morgan fingerprint density at radius 2 is 2.04 bits per heavy atom. The normalized spacial score (nSPS) is 10.8. The quantitative estimate of drug-likeness (QED) is 0.666. The Morgan fingerprint density at radius 3 is 2.71 bits per heavy atom. The molecule has 1 aromatic carbocycles. The third-order valence-electron chi connectivity index (χ3n) is 3.56. The highest BCUT2D eigenvalue weighted by Crippen LogP contribution is 2.31. The van der Waals surface area contributed by atoms with Gasteiger partial charge < -0.3 is 9.47 Å². The number of nitrogens with zero attached hydrogens (tertiary/aromatic N) is 2. The summed E-state index contributed by atoms with van der Waals surface area (Å²) in [7, 11) is 1.29. The number of aromatic nitrogens is 2. The second kappa shape index (κ2) is 6.84. The minimum Gasteiger partial charge on any atom is -0.494 e. The SMILES string of the molecule is CCOc1ccc(-c2csc3ncn(CC(=O)OC)c(=O)c23)cc1. The Bertz CT molecular complexity index is 928. The molecule has 2 heterocycles. The molecule has 2 aromatic heterocycles. The molecule has 0 spiro atoms. The van der Waals surface area contributed by atoms with Crippen molar-refractivity contribution in [3.63, 3.8) is 0 Å². The summed E-state index contributed by atoms with van der Waals surface area (Å²) in [6.45, 7) is 2.37. The maximum Gasteiger partial charge on any atom is 0.325 e. The van der Waals surface area contributed by atoms with Gasteiger partial charge in [-0.25, -0.2) is 4.98 Å². The fourth-order valence-corrected chi connectivity index (χ4v) is 3.30. The number of rotatable bonds is 5. The van der Waals surface area contributed by atoms with Crippen molar-refractivity contribution < 1.29 is 14.3 Å².